The number of carbonyl (C=O) groups excluding carboxylic acids is 2. The highest BCUT2D eigenvalue weighted by molar-refractivity contribution is 5.98. The fraction of sp³-hybridized carbons (Fsp3) is 0.429. The van der Waals surface area contributed by atoms with Gasteiger partial charge in [-0.15, -0.1) is 0 Å². The minimum atomic E-state index is -0.524. The molecule has 3 aromatic rings. The number of aryl methyl sites for hydroxylation is 2. The number of halogens is 1. The summed E-state index contributed by atoms with van der Waals surface area (Å²) >= 11 is 0. The van der Waals surface area contributed by atoms with Gasteiger partial charge in [-0.2, -0.15) is 0 Å². The normalized spacial score (nSPS) is 20.7. The SMILES string of the molecule is Cc1ccc(NC(=O)[C@H]2CCCN(C(=O)c3c(C)cccc3F)[C@H]2c2ccc(N3CCCC3)cc2)cc1N1CCCC1. The minimum absolute atomic E-state index is 0.0889. The third-order valence-electron chi connectivity index (χ3n) is 9.29. The lowest BCUT2D eigenvalue weighted by Crippen LogP contribution is -2.46. The first kappa shape index (κ1) is 28.3. The summed E-state index contributed by atoms with van der Waals surface area (Å²) in [5, 5.41) is 3.19. The quantitative estimate of drug-likeness (QED) is 0.352. The van der Waals surface area contributed by atoms with Crippen molar-refractivity contribution in [3.8, 4) is 0 Å². The zero-order valence-corrected chi connectivity index (χ0v) is 24.7. The molecule has 3 fully saturated rings. The Morgan fingerprint density at radius 3 is 2.17 bits per heavy atom. The van der Waals surface area contributed by atoms with E-state index in [9.17, 15) is 9.59 Å². The van der Waals surface area contributed by atoms with Gasteiger partial charge in [-0.1, -0.05) is 30.3 Å². The molecular weight excluding hydrogens is 527 g/mol. The van der Waals surface area contributed by atoms with Crippen molar-refractivity contribution in [2.75, 3.05) is 47.8 Å². The molecule has 3 heterocycles. The molecule has 3 saturated heterocycles. The molecule has 0 spiro atoms. The molecule has 0 saturated carbocycles. The Morgan fingerprint density at radius 2 is 1.48 bits per heavy atom. The summed E-state index contributed by atoms with van der Waals surface area (Å²) in [6, 6.07) is 18.6. The molecule has 0 bridgehead atoms. The van der Waals surface area contributed by atoms with Crippen molar-refractivity contribution in [1.29, 1.82) is 0 Å². The van der Waals surface area contributed by atoms with E-state index in [0.29, 0.717) is 24.9 Å². The zero-order chi connectivity index (χ0) is 29.2. The van der Waals surface area contributed by atoms with Crippen LogP contribution in [0.3, 0.4) is 0 Å². The molecule has 3 aliphatic rings. The van der Waals surface area contributed by atoms with Crippen LogP contribution in [0, 0.1) is 25.6 Å². The Kier molecular flexibility index (Phi) is 8.18. The van der Waals surface area contributed by atoms with Crippen molar-refractivity contribution in [1.82, 2.24) is 4.90 Å². The molecule has 6 rings (SSSR count). The van der Waals surface area contributed by atoms with Gasteiger partial charge in [0.15, 0.2) is 0 Å². The highest BCUT2D eigenvalue weighted by atomic mass is 19.1. The maximum absolute atomic E-state index is 15.0. The van der Waals surface area contributed by atoms with Gasteiger partial charge in [-0.05, 0) is 99.4 Å². The van der Waals surface area contributed by atoms with E-state index in [1.165, 1.54) is 37.3 Å². The predicted molar refractivity (Wildman–Crippen MR) is 167 cm³/mol. The largest absolute Gasteiger partial charge is 0.372 e. The molecule has 1 N–H and O–H groups in total. The molecule has 3 aliphatic heterocycles. The van der Waals surface area contributed by atoms with E-state index in [1.807, 2.05) is 6.07 Å². The van der Waals surface area contributed by atoms with Crippen molar-refractivity contribution >= 4 is 28.9 Å². The van der Waals surface area contributed by atoms with E-state index in [-0.39, 0.29) is 17.4 Å². The van der Waals surface area contributed by atoms with Gasteiger partial charge in [0.1, 0.15) is 5.82 Å². The summed E-state index contributed by atoms with van der Waals surface area (Å²) in [4.78, 5) is 34.5. The monoisotopic (exact) mass is 568 g/mol. The molecule has 2 atom stereocenters. The van der Waals surface area contributed by atoms with E-state index < -0.39 is 17.8 Å². The topological polar surface area (TPSA) is 55.9 Å². The molecule has 3 aromatic carbocycles. The van der Waals surface area contributed by atoms with Crippen LogP contribution in [-0.4, -0.2) is 49.4 Å². The lowest BCUT2D eigenvalue weighted by Gasteiger charge is -2.41. The molecule has 0 unspecified atom stereocenters. The van der Waals surface area contributed by atoms with Gasteiger partial charge in [0, 0.05) is 49.8 Å². The highest BCUT2D eigenvalue weighted by Gasteiger charge is 2.40. The summed E-state index contributed by atoms with van der Waals surface area (Å²) in [5.41, 5.74) is 5.88. The molecule has 0 aliphatic carbocycles. The molecule has 220 valence electrons. The Bertz CT molecular complexity index is 1420. The summed E-state index contributed by atoms with van der Waals surface area (Å²) in [5.74, 6) is -1.46. The Balaban J connectivity index is 1.32. The van der Waals surface area contributed by atoms with Crippen molar-refractivity contribution in [2.24, 2.45) is 5.92 Å². The number of hydrogen-bond donors (Lipinski definition) is 1. The van der Waals surface area contributed by atoms with Gasteiger partial charge in [0.05, 0.1) is 17.5 Å². The second-order valence-electron chi connectivity index (χ2n) is 12.1. The van der Waals surface area contributed by atoms with Crippen LogP contribution in [0.4, 0.5) is 21.5 Å². The van der Waals surface area contributed by atoms with Gasteiger partial charge < -0.3 is 20.0 Å². The van der Waals surface area contributed by atoms with Gasteiger partial charge in [0.2, 0.25) is 5.91 Å². The summed E-state index contributed by atoms with van der Waals surface area (Å²) in [6.07, 6.45) is 6.07. The van der Waals surface area contributed by atoms with Gasteiger partial charge in [-0.3, -0.25) is 9.59 Å². The van der Waals surface area contributed by atoms with E-state index in [1.54, 1.807) is 24.0 Å². The first-order chi connectivity index (χ1) is 20.4. The third-order valence-corrected chi connectivity index (χ3v) is 9.29. The number of rotatable bonds is 6. The van der Waals surface area contributed by atoms with Crippen molar-refractivity contribution in [3.05, 3.63) is 88.7 Å². The molecule has 6 nitrogen and oxygen atoms in total. The lowest BCUT2D eigenvalue weighted by atomic mass is 9.83. The van der Waals surface area contributed by atoms with Crippen LogP contribution >= 0.6 is 0 Å². The average Bonchev–Trinajstić information content (AvgIpc) is 3.73. The number of piperidine rings is 1. The smallest absolute Gasteiger partial charge is 0.257 e. The summed E-state index contributed by atoms with van der Waals surface area (Å²) in [7, 11) is 0. The summed E-state index contributed by atoms with van der Waals surface area (Å²) < 4.78 is 15.0. The number of likely N-dealkylation sites (tertiary alicyclic amines) is 1. The van der Waals surface area contributed by atoms with Gasteiger partial charge >= 0.3 is 0 Å². The van der Waals surface area contributed by atoms with Crippen LogP contribution in [0.25, 0.3) is 0 Å². The number of nitrogens with one attached hydrogen (secondary N) is 1. The Hall–Kier alpha value is -3.87. The maximum Gasteiger partial charge on any atom is 0.257 e. The molecule has 0 aromatic heterocycles. The van der Waals surface area contributed by atoms with E-state index in [2.05, 4.69) is 58.4 Å². The standard InChI is InChI=1S/C35H41FN4O2/c1-24-12-15-27(23-31(24)39-20-5-6-21-39)37-34(41)29-10-8-22-40(35(42)32-25(2)9-7-11-30(32)36)33(29)26-13-16-28(17-14-26)38-18-3-4-19-38/h7,9,11-17,23,29,33H,3-6,8,10,18-22H2,1-2H3,(H,37,41)/t29-,33-/m0/s1. The fourth-order valence-electron chi connectivity index (χ4n) is 7.04. The van der Waals surface area contributed by atoms with Crippen LogP contribution in [0.15, 0.2) is 60.7 Å². The second-order valence-corrected chi connectivity index (χ2v) is 12.1. The van der Waals surface area contributed by atoms with Crippen LogP contribution in [-0.2, 0) is 4.79 Å². The van der Waals surface area contributed by atoms with E-state index >= 15 is 4.39 Å². The first-order valence-corrected chi connectivity index (χ1v) is 15.5. The fourth-order valence-corrected chi connectivity index (χ4v) is 7.04. The van der Waals surface area contributed by atoms with Crippen molar-refractivity contribution in [2.45, 2.75) is 58.4 Å². The number of amides is 2. The lowest BCUT2D eigenvalue weighted by molar-refractivity contribution is -0.123. The van der Waals surface area contributed by atoms with Crippen LogP contribution in [0.2, 0.25) is 0 Å². The van der Waals surface area contributed by atoms with Crippen LogP contribution in [0.5, 0.6) is 0 Å². The number of carbonyl (C=O) groups is 2. The molecule has 0 radical (unpaired) electrons. The van der Waals surface area contributed by atoms with Crippen molar-refractivity contribution < 1.29 is 14.0 Å². The Morgan fingerprint density at radius 1 is 0.786 bits per heavy atom. The minimum Gasteiger partial charge on any atom is -0.372 e. The summed E-state index contributed by atoms with van der Waals surface area (Å²) in [6.45, 7) is 8.49. The van der Waals surface area contributed by atoms with Crippen LogP contribution < -0.4 is 15.1 Å². The van der Waals surface area contributed by atoms with E-state index in [4.69, 9.17) is 0 Å². The molecule has 42 heavy (non-hydrogen) atoms. The zero-order valence-electron chi connectivity index (χ0n) is 24.7. The molecule has 7 heteroatoms. The van der Waals surface area contributed by atoms with E-state index in [0.717, 1.165) is 48.8 Å². The number of benzene rings is 3. The first-order valence-electron chi connectivity index (χ1n) is 15.5. The number of anilines is 3. The van der Waals surface area contributed by atoms with Gasteiger partial charge in [-0.25, -0.2) is 4.39 Å². The molecule has 2 amide bonds. The third kappa shape index (κ3) is 5.61. The Labute approximate surface area is 248 Å². The van der Waals surface area contributed by atoms with Gasteiger partial charge in [0.25, 0.3) is 5.91 Å². The maximum atomic E-state index is 15.0. The number of hydrogen-bond acceptors (Lipinski definition) is 4. The number of nitrogens with zero attached hydrogens (tertiary/aromatic N) is 3. The average molecular weight is 569 g/mol. The molecular formula is C35H41FN4O2. The predicted octanol–water partition coefficient (Wildman–Crippen LogP) is 6.88. The highest BCUT2D eigenvalue weighted by Crippen LogP contribution is 2.39. The van der Waals surface area contributed by atoms with Crippen LogP contribution in [0.1, 0.15) is 71.6 Å². The second kappa shape index (κ2) is 12.2. The van der Waals surface area contributed by atoms with Crippen molar-refractivity contribution in [3.63, 3.8) is 0 Å².